The van der Waals surface area contributed by atoms with Crippen molar-refractivity contribution >= 4 is 5.82 Å². The first kappa shape index (κ1) is 16.4. The van der Waals surface area contributed by atoms with Crippen molar-refractivity contribution in [3.05, 3.63) is 35.7 Å². The molecule has 0 amide bonds. The van der Waals surface area contributed by atoms with Crippen molar-refractivity contribution in [3.8, 4) is 5.88 Å². The quantitative estimate of drug-likeness (QED) is 0.846. The van der Waals surface area contributed by atoms with Gasteiger partial charge in [0.2, 0.25) is 5.88 Å². The van der Waals surface area contributed by atoms with Crippen LogP contribution in [-0.4, -0.2) is 34.0 Å². The van der Waals surface area contributed by atoms with Crippen LogP contribution in [0.5, 0.6) is 5.88 Å². The van der Waals surface area contributed by atoms with Gasteiger partial charge in [0.05, 0.1) is 5.69 Å². The number of aromatic nitrogens is 3. The standard InChI is InChI=1S/C19H27N5O/c1-14-8-18-21-12-16(13-24(18)23-14)10-20-9-15-6-7-19(22-11-15)25-17-4-2-3-5-17/h6-8,11,16-17,20-21H,2-5,9-10,12-13H2,1H3/t16-/m0/s1. The first-order valence-corrected chi connectivity index (χ1v) is 9.37. The van der Waals surface area contributed by atoms with E-state index >= 15 is 0 Å². The van der Waals surface area contributed by atoms with E-state index in [9.17, 15) is 0 Å². The van der Waals surface area contributed by atoms with E-state index < -0.39 is 0 Å². The lowest BCUT2D eigenvalue weighted by Crippen LogP contribution is -2.35. The normalized spacial score (nSPS) is 20.3. The molecular formula is C19H27N5O. The van der Waals surface area contributed by atoms with Crippen molar-refractivity contribution in [1.29, 1.82) is 0 Å². The number of fused-ring (bicyclic) bond motifs is 1. The Bertz CT molecular complexity index is 690. The average Bonchev–Trinajstić information content (AvgIpc) is 3.24. The summed E-state index contributed by atoms with van der Waals surface area (Å²) in [7, 11) is 0. The summed E-state index contributed by atoms with van der Waals surface area (Å²) in [5.74, 6) is 2.44. The number of ether oxygens (including phenoxy) is 1. The molecule has 25 heavy (non-hydrogen) atoms. The van der Waals surface area contributed by atoms with Gasteiger partial charge >= 0.3 is 0 Å². The van der Waals surface area contributed by atoms with Crippen LogP contribution in [0.3, 0.4) is 0 Å². The highest BCUT2D eigenvalue weighted by Gasteiger charge is 2.19. The van der Waals surface area contributed by atoms with Gasteiger partial charge < -0.3 is 15.4 Å². The predicted octanol–water partition coefficient (Wildman–Crippen LogP) is 2.74. The monoisotopic (exact) mass is 341 g/mol. The topological polar surface area (TPSA) is 64.0 Å². The second-order valence-corrected chi connectivity index (χ2v) is 7.26. The molecule has 6 heteroatoms. The highest BCUT2D eigenvalue weighted by Crippen LogP contribution is 2.23. The first-order valence-electron chi connectivity index (χ1n) is 9.37. The lowest BCUT2D eigenvalue weighted by Gasteiger charge is -2.25. The molecule has 0 radical (unpaired) electrons. The number of anilines is 1. The predicted molar refractivity (Wildman–Crippen MR) is 97.8 cm³/mol. The largest absolute Gasteiger partial charge is 0.474 e. The van der Waals surface area contributed by atoms with Crippen LogP contribution in [0.1, 0.15) is 36.9 Å². The van der Waals surface area contributed by atoms with Gasteiger partial charge in [0.1, 0.15) is 11.9 Å². The van der Waals surface area contributed by atoms with E-state index in [1.54, 1.807) is 0 Å². The maximum atomic E-state index is 5.92. The molecule has 1 saturated carbocycles. The summed E-state index contributed by atoms with van der Waals surface area (Å²) in [6, 6.07) is 6.21. The highest BCUT2D eigenvalue weighted by molar-refractivity contribution is 5.38. The smallest absolute Gasteiger partial charge is 0.213 e. The zero-order chi connectivity index (χ0) is 17.1. The molecule has 0 saturated heterocycles. The van der Waals surface area contributed by atoms with E-state index in [1.807, 2.05) is 19.2 Å². The molecule has 0 unspecified atom stereocenters. The number of nitrogens with zero attached hydrogens (tertiary/aromatic N) is 3. The molecule has 0 aromatic carbocycles. The third-order valence-electron chi connectivity index (χ3n) is 5.05. The number of rotatable bonds is 6. The van der Waals surface area contributed by atoms with Gasteiger partial charge in [0, 0.05) is 50.4 Å². The molecule has 1 fully saturated rings. The third kappa shape index (κ3) is 4.12. The first-order chi connectivity index (χ1) is 12.3. The fourth-order valence-corrected chi connectivity index (χ4v) is 3.70. The third-order valence-corrected chi connectivity index (χ3v) is 5.05. The Labute approximate surface area is 149 Å². The van der Waals surface area contributed by atoms with Crippen LogP contribution in [0, 0.1) is 12.8 Å². The van der Waals surface area contributed by atoms with Crippen LogP contribution in [-0.2, 0) is 13.1 Å². The molecule has 2 N–H and O–H groups in total. The van der Waals surface area contributed by atoms with Gasteiger partial charge in [0.15, 0.2) is 0 Å². The van der Waals surface area contributed by atoms with Crippen molar-refractivity contribution in [2.24, 2.45) is 5.92 Å². The van der Waals surface area contributed by atoms with Crippen molar-refractivity contribution in [1.82, 2.24) is 20.1 Å². The molecule has 4 rings (SSSR count). The van der Waals surface area contributed by atoms with Crippen LogP contribution >= 0.6 is 0 Å². The maximum Gasteiger partial charge on any atom is 0.213 e. The lowest BCUT2D eigenvalue weighted by atomic mass is 10.1. The fraction of sp³-hybridized carbons (Fsp3) is 0.579. The molecule has 1 aliphatic heterocycles. The van der Waals surface area contributed by atoms with Crippen molar-refractivity contribution < 1.29 is 4.74 Å². The van der Waals surface area contributed by atoms with Crippen molar-refractivity contribution in [2.45, 2.75) is 51.8 Å². The van der Waals surface area contributed by atoms with E-state index in [0.717, 1.165) is 56.4 Å². The van der Waals surface area contributed by atoms with Crippen LogP contribution in [0.2, 0.25) is 0 Å². The Balaban J connectivity index is 1.22. The van der Waals surface area contributed by atoms with Gasteiger partial charge in [-0.05, 0) is 38.2 Å². The molecule has 2 aliphatic rings. The number of hydrogen-bond donors (Lipinski definition) is 2. The van der Waals surface area contributed by atoms with E-state index in [2.05, 4.69) is 37.5 Å². The van der Waals surface area contributed by atoms with Crippen molar-refractivity contribution in [2.75, 3.05) is 18.4 Å². The van der Waals surface area contributed by atoms with Gasteiger partial charge in [-0.15, -0.1) is 0 Å². The Morgan fingerprint density at radius 2 is 2.20 bits per heavy atom. The van der Waals surface area contributed by atoms with Gasteiger partial charge in [-0.2, -0.15) is 5.10 Å². The summed E-state index contributed by atoms with van der Waals surface area (Å²) in [5.41, 5.74) is 2.26. The minimum atomic E-state index is 0.367. The summed E-state index contributed by atoms with van der Waals surface area (Å²) in [6.07, 6.45) is 7.18. The molecular weight excluding hydrogens is 314 g/mol. The molecule has 2 aromatic heterocycles. The Morgan fingerprint density at radius 3 is 3.00 bits per heavy atom. The second-order valence-electron chi connectivity index (χ2n) is 7.26. The highest BCUT2D eigenvalue weighted by atomic mass is 16.5. The summed E-state index contributed by atoms with van der Waals surface area (Å²) in [4.78, 5) is 4.45. The van der Waals surface area contributed by atoms with Crippen molar-refractivity contribution in [3.63, 3.8) is 0 Å². The van der Waals surface area contributed by atoms with Gasteiger partial charge in [0.25, 0.3) is 0 Å². The lowest BCUT2D eigenvalue weighted by molar-refractivity contribution is 0.201. The van der Waals surface area contributed by atoms with E-state index in [1.165, 1.54) is 18.4 Å². The van der Waals surface area contributed by atoms with Crippen LogP contribution in [0.15, 0.2) is 24.4 Å². The summed E-state index contributed by atoms with van der Waals surface area (Å²) in [5, 5.41) is 11.5. The fourth-order valence-electron chi connectivity index (χ4n) is 3.70. The van der Waals surface area contributed by atoms with E-state index in [0.29, 0.717) is 12.0 Å². The zero-order valence-corrected chi connectivity index (χ0v) is 14.9. The zero-order valence-electron chi connectivity index (χ0n) is 14.9. The Hall–Kier alpha value is -2.08. The van der Waals surface area contributed by atoms with Gasteiger partial charge in [-0.25, -0.2) is 9.67 Å². The average molecular weight is 341 g/mol. The summed E-state index contributed by atoms with van der Waals surface area (Å²) >= 11 is 0. The Kier molecular flexibility index (Phi) is 4.88. The molecule has 2 aromatic rings. The summed E-state index contributed by atoms with van der Waals surface area (Å²) in [6.45, 7) is 5.79. The Morgan fingerprint density at radius 1 is 1.32 bits per heavy atom. The number of pyridine rings is 1. The molecule has 0 bridgehead atoms. The minimum Gasteiger partial charge on any atom is -0.474 e. The number of hydrogen-bond acceptors (Lipinski definition) is 5. The molecule has 6 nitrogen and oxygen atoms in total. The van der Waals surface area contributed by atoms with E-state index in [4.69, 9.17) is 4.74 Å². The molecule has 1 atom stereocenters. The van der Waals surface area contributed by atoms with Crippen LogP contribution < -0.4 is 15.4 Å². The molecule has 3 heterocycles. The molecule has 1 aliphatic carbocycles. The van der Waals surface area contributed by atoms with E-state index in [-0.39, 0.29) is 0 Å². The van der Waals surface area contributed by atoms with Gasteiger partial charge in [-0.3, -0.25) is 0 Å². The molecule has 0 spiro atoms. The minimum absolute atomic E-state index is 0.367. The van der Waals surface area contributed by atoms with Crippen LogP contribution in [0.25, 0.3) is 0 Å². The van der Waals surface area contributed by atoms with Crippen LogP contribution in [0.4, 0.5) is 5.82 Å². The number of nitrogens with one attached hydrogen (secondary N) is 2. The molecule has 134 valence electrons. The summed E-state index contributed by atoms with van der Waals surface area (Å²) < 4.78 is 7.99. The SMILES string of the molecule is Cc1cc2n(n1)C[C@@H](CNCc1ccc(OC3CCCC3)nc1)CN2. The second kappa shape index (κ2) is 7.44. The maximum absolute atomic E-state index is 5.92. The number of aryl methyl sites for hydroxylation is 1. The van der Waals surface area contributed by atoms with Gasteiger partial charge in [-0.1, -0.05) is 6.07 Å².